The summed E-state index contributed by atoms with van der Waals surface area (Å²) in [5.41, 5.74) is 1.81. The maximum absolute atomic E-state index is 12.9. The smallest absolute Gasteiger partial charge is 0.168 e. The van der Waals surface area contributed by atoms with Crippen LogP contribution in [0.25, 0.3) is 11.3 Å². The predicted octanol–water partition coefficient (Wildman–Crippen LogP) is 3.06. The zero-order valence-corrected chi connectivity index (χ0v) is 10.8. The Bertz CT molecular complexity index is 563. The van der Waals surface area contributed by atoms with Crippen molar-refractivity contribution in [2.24, 2.45) is 0 Å². The van der Waals surface area contributed by atoms with E-state index in [1.807, 2.05) is 13.8 Å². The number of aromatic nitrogens is 2. The Morgan fingerprint density at radius 3 is 2.68 bits per heavy atom. The van der Waals surface area contributed by atoms with Crippen molar-refractivity contribution < 1.29 is 13.9 Å². The molecule has 5 heteroatoms. The van der Waals surface area contributed by atoms with Crippen LogP contribution < -0.4 is 0 Å². The minimum atomic E-state index is -0.320. The van der Waals surface area contributed by atoms with Gasteiger partial charge in [0.2, 0.25) is 0 Å². The first-order valence-corrected chi connectivity index (χ1v) is 6.08. The lowest BCUT2D eigenvalue weighted by Crippen LogP contribution is -2.13. The van der Waals surface area contributed by atoms with Crippen LogP contribution in [0.3, 0.4) is 0 Å². The van der Waals surface area contributed by atoms with Crippen molar-refractivity contribution in [2.45, 2.75) is 20.1 Å². The lowest BCUT2D eigenvalue weighted by Gasteiger charge is -2.13. The number of aldehydes is 1. The molecular formula is C14H15FN2O2. The molecule has 2 aromatic rings. The van der Waals surface area contributed by atoms with Gasteiger partial charge in [0.25, 0.3) is 0 Å². The Hall–Kier alpha value is -2.01. The number of carbonyl (C=O) groups excluding carboxylic acids is 1. The van der Waals surface area contributed by atoms with Crippen LogP contribution in [0.4, 0.5) is 4.39 Å². The van der Waals surface area contributed by atoms with Gasteiger partial charge in [-0.3, -0.25) is 4.79 Å². The van der Waals surface area contributed by atoms with E-state index in [9.17, 15) is 9.18 Å². The molecule has 0 N–H and O–H groups in total. The molecule has 1 atom stereocenters. The van der Waals surface area contributed by atoms with Gasteiger partial charge in [-0.1, -0.05) is 0 Å². The lowest BCUT2D eigenvalue weighted by atomic mass is 10.1. The summed E-state index contributed by atoms with van der Waals surface area (Å²) in [5.74, 6) is -0.304. The quantitative estimate of drug-likeness (QED) is 0.778. The van der Waals surface area contributed by atoms with E-state index in [0.29, 0.717) is 18.0 Å². The molecule has 2 rings (SSSR count). The lowest BCUT2D eigenvalue weighted by molar-refractivity contribution is 0.0147. The molecule has 100 valence electrons. The van der Waals surface area contributed by atoms with Crippen molar-refractivity contribution in [3.63, 3.8) is 0 Å². The molecule has 1 aromatic heterocycles. The molecular weight excluding hydrogens is 247 g/mol. The summed E-state index contributed by atoms with van der Waals surface area (Å²) in [6.07, 6.45) is 0.412. The highest BCUT2D eigenvalue weighted by Crippen LogP contribution is 2.21. The van der Waals surface area contributed by atoms with Gasteiger partial charge in [0.05, 0.1) is 5.69 Å². The fraction of sp³-hybridized carbons (Fsp3) is 0.286. The largest absolute Gasteiger partial charge is 0.357 e. The Morgan fingerprint density at radius 1 is 1.42 bits per heavy atom. The van der Waals surface area contributed by atoms with Crippen molar-refractivity contribution in [1.82, 2.24) is 9.78 Å². The summed E-state index contributed by atoms with van der Waals surface area (Å²) in [7, 11) is 0. The van der Waals surface area contributed by atoms with Gasteiger partial charge in [0.1, 0.15) is 17.7 Å². The molecule has 0 spiro atoms. The number of rotatable bonds is 5. The highest BCUT2D eigenvalue weighted by molar-refractivity contribution is 5.75. The number of hydrogen-bond donors (Lipinski definition) is 0. The van der Waals surface area contributed by atoms with E-state index in [0.717, 1.165) is 11.8 Å². The minimum absolute atomic E-state index is 0.304. The van der Waals surface area contributed by atoms with Gasteiger partial charge in [-0.2, -0.15) is 5.10 Å². The van der Waals surface area contributed by atoms with E-state index in [1.165, 1.54) is 16.8 Å². The Morgan fingerprint density at radius 2 is 2.11 bits per heavy atom. The van der Waals surface area contributed by atoms with Gasteiger partial charge in [0.15, 0.2) is 6.29 Å². The maximum atomic E-state index is 12.9. The van der Waals surface area contributed by atoms with Gasteiger partial charge >= 0.3 is 0 Å². The molecule has 1 heterocycles. The fourth-order valence-electron chi connectivity index (χ4n) is 1.86. The number of benzene rings is 1. The molecule has 0 saturated heterocycles. The second kappa shape index (κ2) is 5.75. The second-order valence-corrected chi connectivity index (χ2v) is 4.08. The van der Waals surface area contributed by atoms with Gasteiger partial charge < -0.3 is 4.74 Å². The Labute approximate surface area is 110 Å². The van der Waals surface area contributed by atoms with Crippen molar-refractivity contribution in [3.05, 3.63) is 41.8 Å². The molecule has 0 unspecified atom stereocenters. The SMILES string of the molecule is CCO[C@@H](C)n1nc(-c2ccc(F)cc2)cc1C=O. The molecule has 0 radical (unpaired) electrons. The summed E-state index contributed by atoms with van der Waals surface area (Å²) >= 11 is 0. The summed E-state index contributed by atoms with van der Waals surface area (Å²) < 4.78 is 19.8. The van der Waals surface area contributed by atoms with Gasteiger partial charge in [-0.15, -0.1) is 0 Å². The number of nitrogens with zero attached hydrogens (tertiary/aromatic N) is 2. The average molecular weight is 262 g/mol. The molecule has 0 aliphatic carbocycles. The normalized spacial score (nSPS) is 12.4. The molecule has 0 aliphatic rings. The summed E-state index contributed by atoms with van der Waals surface area (Å²) in [5, 5.41) is 4.34. The van der Waals surface area contributed by atoms with Crippen LogP contribution in [0, 0.1) is 5.82 Å². The molecule has 0 fully saturated rings. The third-order valence-electron chi connectivity index (χ3n) is 2.78. The van der Waals surface area contributed by atoms with Crippen LogP contribution >= 0.6 is 0 Å². The van der Waals surface area contributed by atoms with Gasteiger partial charge in [-0.25, -0.2) is 9.07 Å². The number of ether oxygens (including phenoxy) is 1. The van der Waals surface area contributed by atoms with E-state index in [2.05, 4.69) is 5.10 Å². The molecule has 0 saturated carbocycles. The van der Waals surface area contributed by atoms with E-state index in [-0.39, 0.29) is 12.0 Å². The Kier molecular flexibility index (Phi) is 4.06. The second-order valence-electron chi connectivity index (χ2n) is 4.08. The average Bonchev–Trinajstić information content (AvgIpc) is 2.84. The van der Waals surface area contributed by atoms with Crippen LogP contribution in [0.1, 0.15) is 30.6 Å². The topological polar surface area (TPSA) is 44.1 Å². The zero-order chi connectivity index (χ0) is 13.8. The zero-order valence-electron chi connectivity index (χ0n) is 10.8. The standard InChI is InChI=1S/C14H15FN2O2/c1-3-19-10(2)17-13(9-18)8-14(16-17)11-4-6-12(15)7-5-11/h4-10H,3H2,1-2H3/t10-/m0/s1. The molecule has 0 aliphatic heterocycles. The summed E-state index contributed by atoms with van der Waals surface area (Å²) in [6.45, 7) is 4.23. The maximum Gasteiger partial charge on any atom is 0.168 e. The molecule has 1 aromatic carbocycles. The predicted molar refractivity (Wildman–Crippen MR) is 69.3 cm³/mol. The van der Waals surface area contributed by atoms with Crippen molar-refractivity contribution in [3.8, 4) is 11.3 Å². The van der Waals surface area contributed by atoms with Crippen LogP contribution in [-0.4, -0.2) is 22.7 Å². The number of hydrogen-bond acceptors (Lipinski definition) is 3. The Balaban J connectivity index is 2.38. The summed E-state index contributed by atoms with van der Waals surface area (Å²) in [4.78, 5) is 11.1. The molecule has 0 amide bonds. The highest BCUT2D eigenvalue weighted by atomic mass is 19.1. The fourth-order valence-corrected chi connectivity index (χ4v) is 1.86. The summed E-state index contributed by atoms with van der Waals surface area (Å²) in [6, 6.07) is 7.64. The van der Waals surface area contributed by atoms with E-state index >= 15 is 0 Å². The van der Waals surface area contributed by atoms with Gasteiger partial charge in [-0.05, 0) is 44.2 Å². The molecule has 4 nitrogen and oxygen atoms in total. The number of carbonyl (C=O) groups is 1. The molecule has 19 heavy (non-hydrogen) atoms. The van der Waals surface area contributed by atoms with Crippen molar-refractivity contribution >= 4 is 6.29 Å². The van der Waals surface area contributed by atoms with E-state index in [1.54, 1.807) is 18.2 Å². The van der Waals surface area contributed by atoms with Crippen molar-refractivity contribution in [2.75, 3.05) is 6.61 Å². The van der Waals surface area contributed by atoms with E-state index < -0.39 is 0 Å². The van der Waals surface area contributed by atoms with Crippen LogP contribution in [-0.2, 0) is 4.74 Å². The third-order valence-corrected chi connectivity index (χ3v) is 2.78. The van der Waals surface area contributed by atoms with E-state index in [4.69, 9.17) is 4.74 Å². The third kappa shape index (κ3) is 2.88. The first kappa shape index (κ1) is 13.4. The first-order valence-electron chi connectivity index (χ1n) is 6.08. The first-order chi connectivity index (χ1) is 9.15. The molecule has 0 bridgehead atoms. The monoisotopic (exact) mass is 262 g/mol. The minimum Gasteiger partial charge on any atom is -0.357 e. The van der Waals surface area contributed by atoms with Crippen LogP contribution in [0.5, 0.6) is 0 Å². The van der Waals surface area contributed by atoms with Crippen LogP contribution in [0.2, 0.25) is 0 Å². The van der Waals surface area contributed by atoms with Crippen molar-refractivity contribution in [1.29, 1.82) is 0 Å². The number of halogens is 1. The highest BCUT2D eigenvalue weighted by Gasteiger charge is 2.14. The van der Waals surface area contributed by atoms with Gasteiger partial charge in [0, 0.05) is 12.2 Å². The van der Waals surface area contributed by atoms with Crippen LogP contribution in [0.15, 0.2) is 30.3 Å².